The summed E-state index contributed by atoms with van der Waals surface area (Å²) in [6, 6.07) is 7.50. The summed E-state index contributed by atoms with van der Waals surface area (Å²) in [5, 5.41) is 6.02. The van der Waals surface area contributed by atoms with Gasteiger partial charge in [0.2, 0.25) is 11.8 Å². The average molecular weight is 259 g/mol. The molecular formula is C14H17N3O2. The zero-order valence-electron chi connectivity index (χ0n) is 10.7. The molecule has 0 spiro atoms. The molecule has 19 heavy (non-hydrogen) atoms. The Bertz CT molecular complexity index is 511. The summed E-state index contributed by atoms with van der Waals surface area (Å²) in [7, 11) is 0. The van der Waals surface area contributed by atoms with Crippen LogP contribution in [-0.2, 0) is 9.59 Å². The van der Waals surface area contributed by atoms with E-state index >= 15 is 0 Å². The SMILES string of the molecule is O=C(Nc1ccccc1N1CCCC1=O)C1CNC1. The normalized spacial score (nSPS) is 19.4. The van der Waals surface area contributed by atoms with Crippen molar-refractivity contribution in [1.29, 1.82) is 0 Å². The largest absolute Gasteiger partial charge is 0.324 e. The molecule has 100 valence electrons. The number of anilines is 2. The second kappa shape index (κ2) is 5.01. The summed E-state index contributed by atoms with van der Waals surface area (Å²) in [6.07, 6.45) is 1.47. The van der Waals surface area contributed by atoms with E-state index in [1.165, 1.54) is 0 Å². The third kappa shape index (κ3) is 2.33. The highest BCUT2D eigenvalue weighted by molar-refractivity contribution is 6.02. The lowest BCUT2D eigenvalue weighted by atomic mass is 10.0. The van der Waals surface area contributed by atoms with E-state index in [2.05, 4.69) is 10.6 Å². The van der Waals surface area contributed by atoms with Crippen LogP contribution in [-0.4, -0.2) is 31.4 Å². The fourth-order valence-electron chi connectivity index (χ4n) is 2.43. The van der Waals surface area contributed by atoms with Crippen molar-refractivity contribution in [3.8, 4) is 0 Å². The average Bonchev–Trinajstić information content (AvgIpc) is 2.74. The van der Waals surface area contributed by atoms with Crippen molar-refractivity contribution in [1.82, 2.24) is 5.32 Å². The van der Waals surface area contributed by atoms with E-state index in [1.54, 1.807) is 4.90 Å². The summed E-state index contributed by atoms with van der Waals surface area (Å²) < 4.78 is 0. The molecule has 1 aromatic rings. The van der Waals surface area contributed by atoms with Gasteiger partial charge in [0, 0.05) is 26.1 Å². The second-order valence-electron chi connectivity index (χ2n) is 5.01. The van der Waals surface area contributed by atoms with Crippen molar-refractivity contribution in [3.05, 3.63) is 24.3 Å². The number of benzene rings is 1. The van der Waals surface area contributed by atoms with Crippen molar-refractivity contribution in [2.45, 2.75) is 12.8 Å². The van der Waals surface area contributed by atoms with Gasteiger partial charge in [-0.1, -0.05) is 12.1 Å². The number of carbonyl (C=O) groups is 2. The van der Waals surface area contributed by atoms with E-state index in [0.29, 0.717) is 6.42 Å². The minimum Gasteiger partial charge on any atom is -0.324 e. The Hall–Kier alpha value is -1.88. The van der Waals surface area contributed by atoms with Crippen LogP contribution in [0.5, 0.6) is 0 Å². The molecule has 0 unspecified atom stereocenters. The van der Waals surface area contributed by atoms with Gasteiger partial charge in [0.15, 0.2) is 0 Å². The lowest BCUT2D eigenvalue weighted by molar-refractivity contribution is -0.121. The van der Waals surface area contributed by atoms with Crippen molar-refractivity contribution < 1.29 is 9.59 Å². The molecule has 3 rings (SSSR count). The van der Waals surface area contributed by atoms with Gasteiger partial charge in [0.05, 0.1) is 17.3 Å². The highest BCUT2D eigenvalue weighted by Gasteiger charge is 2.27. The fourth-order valence-corrected chi connectivity index (χ4v) is 2.43. The molecule has 2 N–H and O–H groups in total. The summed E-state index contributed by atoms with van der Waals surface area (Å²) >= 11 is 0. The van der Waals surface area contributed by atoms with Gasteiger partial charge in [-0.2, -0.15) is 0 Å². The minimum atomic E-state index is 0.0258. The monoisotopic (exact) mass is 259 g/mol. The van der Waals surface area contributed by atoms with Crippen LogP contribution in [0.3, 0.4) is 0 Å². The lowest BCUT2D eigenvalue weighted by Gasteiger charge is -2.27. The number of carbonyl (C=O) groups excluding carboxylic acids is 2. The molecule has 0 atom stereocenters. The smallest absolute Gasteiger partial charge is 0.230 e. The molecule has 2 heterocycles. The minimum absolute atomic E-state index is 0.0258. The molecule has 0 bridgehead atoms. The summed E-state index contributed by atoms with van der Waals surface area (Å²) in [6.45, 7) is 2.20. The van der Waals surface area contributed by atoms with Crippen LogP contribution in [0.1, 0.15) is 12.8 Å². The molecule has 2 saturated heterocycles. The number of amides is 2. The Morgan fingerprint density at radius 3 is 2.74 bits per heavy atom. The zero-order valence-corrected chi connectivity index (χ0v) is 10.7. The van der Waals surface area contributed by atoms with Gasteiger partial charge in [-0.15, -0.1) is 0 Å². The van der Waals surface area contributed by atoms with Gasteiger partial charge in [-0.05, 0) is 18.6 Å². The predicted molar refractivity (Wildman–Crippen MR) is 73.0 cm³/mol. The van der Waals surface area contributed by atoms with Gasteiger partial charge in [0.25, 0.3) is 0 Å². The van der Waals surface area contributed by atoms with Crippen LogP contribution in [0.25, 0.3) is 0 Å². The van der Waals surface area contributed by atoms with Crippen molar-refractivity contribution in [2.24, 2.45) is 5.92 Å². The van der Waals surface area contributed by atoms with Crippen LogP contribution < -0.4 is 15.5 Å². The van der Waals surface area contributed by atoms with Gasteiger partial charge in [-0.25, -0.2) is 0 Å². The van der Waals surface area contributed by atoms with Crippen LogP contribution in [0, 0.1) is 5.92 Å². The first-order chi connectivity index (χ1) is 9.25. The number of hydrogen-bond acceptors (Lipinski definition) is 3. The van der Waals surface area contributed by atoms with Crippen LogP contribution in [0.4, 0.5) is 11.4 Å². The Morgan fingerprint density at radius 2 is 2.11 bits per heavy atom. The van der Waals surface area contributed by atoms with Crippen molar-refractivity contribution in [2.75, 3.05) is 29.9 Å². The van der Waals surface area contributed by atoms with Crippen molar-refractivity contribution in [3.63, 3.8) is 0 Å². The molecule has 0 radical (unpaired) electrons. The first kappa shape index (κ1) is 12.2. The molecule has 0 aliphatic carbocycles. The molecule has 2 fully saturated rings. The van der Waals surface area contributed by atoms with Crippen LogP contribution in [0.15, 0.2) is 24.3 Å². The molecule has 5 heteroatoms. The molecule has 1 aromatic carbocycles. The fraction of sp³-hybridized carbons (Fsp3) is 0.429. The summed E-state index contributed by atoms with van der Waals surface area (Å²) in [4.78, 5) is 25.6. The molecule has 0 saturated carbocycles. The third-order valence-electron chi connectivity index (χ3n) is 3.68. The molecule has 2 aliphatic heterocycles. The van der Waals surface area contributed by atoms with Crippen LogP contribution in [0.2, 0.25) is 0 Å². The molecular weight excluding hydrogens is 242 g/mol. The Morgan fingerprint density at radius 1 is 1.32 bits per heavy atom. The Labute approximate surface area is 112 Å². The van der Waals surface area contributed by atoms with Gasteiger partial charge < -0.3 is 15.5 Å². The topological polar surface area (TPSA) is 61.4 Å². The van der Waals surface area contributed by atoms with Gasteiger partial charge in [0.1, 0.15) is 0 Å². The molecule has 2 amide bonds. The standard InChI is InChI=1S/C14H17N3O2/c18-13-6-3-7-17(13)12-5-2-1-4-11(12)16-14(19)10-8-15-9-10/h1-2,4-5,10,15H,3,6-9H2,(H,16,19). The van der Waals surface area contributed by atoms with E-state index in [0.717, 1.165) is 37.4 Å². The van der Waals surface area contributed by atoms with E-state index in [9.17, 15) is 9.59 Å². The second-order valence-corrected chi connectivity index (χ2v) is 5.01. The number of para-hydroxylation sites is 2. The van der Waals surface area contributed by atoms with Crippen molar-refractivity contribution >= 4 is 23.2 Å². The summed E-state index contributed by atoms with van der Waals surface area (Å²) in [5.41, 5.74) is 1.54. The quantitative estimate of drug-likeness (QED) is 0.850. The Kier molecular flexibility index (Phi) is 3.21. The summed E-state index contributed by atoms with van der Waals surface area (Å²) in [5.74, 6) is 0.201. The predicted octanol–water partition coefficient (Wildman–Crippen LogP) is 0.971. The Balaban J connectivity index is 1.80. The molecule has 0 aromatic heterocycles. The molecule has 5 nitrogen and oxygen atoms in total. The first-order valence-corrected chi connectivity index (χ1v) is 6.66. The zero-order chi connectivity index (χ0) is 13.2. The van der Waals surface area contributed by atoms with E-state index in [1.807, 2.05) is 24.3 Å². The van der Waals surface area contributed by atoms with E-state index < -0.39 is 0 Å². The van der Waals surface area contributed by atoms with Crippen LogP contribution >= 0.6 is 0 Å². The third-order valence-corrected chi connectivity index (χ3v) is 3.68. The number of hydrogen-bond donors (Lipinski definition) is 2. The van der Waals surface area contributed by atoms with Gasteiger partial charge >= 0.3 is 0 Å². The van der Waals surface area contributed by atoms with E-state index in [-0.39, 0.29) is 17.7 Å². The maximum absolute atomic E-state index is 12.0. The highest BCUT2D eigenvalue weighted by Crippen LogP contribution is 2.29. The van der Waals surface area contributed by atoms with E-state index in [4.69, 9.17) is 0 Å². The first-order valence-electron chi connectivity index (χ1n) is 6.66. The maximum Gasteiger partial charge on any atom is 0.230 e. The maximum atomic E-state index is 12.0. The highest BCUT2D eigenvalue weighted by atomic mass is 16.2. The number of nitrogens with zero attached hydrogens (tertiary/aromatic N) is 1. The molecule has 2 aliphatic rings. The number of nitrogens with one attached hydrogen (secondary N) is 2. The lowest BCUT2D eigenvalue weighted by Crippen LogP contribution is -2.48. The van der Waals surface area contributed by atoms with Gasteiger partial charge in [-0.3, -0.25) is 9.59 Å². The number of rotatable bonds is 3.